The largest absolute Gasteiger partial charge is 0.382 e. The van der Waals surface area contributed by atoms with E-state index in [-0.39, 0.29) is 36.4 Å². The number of guanidine groups is 1. The van der Waals surface area contributed by atoms with Gasteiger partial charge < -0.3 is 19.9 Å². The second-order valence-electron chi connectivity index (χ2n) is 5.18. The van der Waals surface area contributed by atoms with Crippen LogP contribution in [0.25, 0.3) is 0 Å². The van der Waals surface area contributed by atoms with Gasteiger partial charge in [-0.25, -0.2) is 4.99 Å². The SMILES string of the molecule is CCCCN(C)C(=NCC(=O)N(C)C)NCCCOCC.I. The number of halogens is 1. The third kappa shape index (κ3) is 12.0. The van der Waals surface area contributed by atoms with E-state index in [2.05, 4.69) is 22.1 Å². The summed E-state index contributed by atoms with van der Waals surface area (Å²) in [6.45, 7) is 7.55. The molecule has 0 aromatic carbocycles. The quantitative estimate of drug-likeness (QED) is 0.250. The maximum Gasteiger partial charge on any atom is 0.243 e. The van der Waals surface area contributed by atoms with E-state index in [9.17, 15) is 4.79 Å². The summed E-state index contributed by atoms with van der Waals surface area (Å²) in [4.78, 5) is 19.7. The molecule has 22 heavy (non-hydrogen) atoms. The molecule has 0 heterocycles. The Morgan fingerprint density at radius 1 is 1.18 bits per heavy atom. The highest BCUT2D eigenvalue weighted by Gasteiger charge is 2.08. The average Bonchev–Trinajstić information content (AvgIpc) is 2.47. The van der Waals surface area contributed by atoms with E-state index in [0.717, 1.165) is 51.5 Å². The van der Waals surface area contributed by atoms with Crippen LogP contribution in [0.2, 0.25) is 0 Å². The van der Waals surface area contributed by atoms with Crippen molar-refractivity contribution in [3.63, 3.8) is 0 Å². The Bertz CT molecular complexity index is 312. The fraction of sp³-hybridized carbons (Fsp3) is 0.867. The summed E-state index contributed by atoms with van der Waals surface area (Å²) >= 11 is 0. The first-order chi connectivity index (χ1) is 10.0. The Morgan fingerprint density at radius 2 is 1.86 bits per heavy atom. The lowest BCUT2D eigenvalue weighted by Gasteiger charge is -2.22. The van der Waals surface area contributed by atoms with E-state index in [1.807, 2.05) is 14.0 Å². The summed E-state index contributed by atoms with van der Waals surface area (Å²) in [6, 6.07) is 0. The van der Waals surface area contributed by atoms with Crippen molar-refractivity contribution in [1.29, 1.82) is 0 Å². The number of nitrogens with zero attached hydrogens (tertiary/aromatic N) is 3. The number of ether oxygens (including phenoxy) is 1. The maximum atomic E-state index is 11.7. The van der Waals surface area contributed by atoms with Crippen LogP contribution in [-0.2, 0) is 9.53 Å². The van der Waals surface area contributed by atoms with Crippen molar-refractivity contribution >= 4 is 35.8 Å². The van der Waals surface area contributed by atoms with Crippen LogP contribution in [0.15, 0.2) is 4.99 Å². The molecular weight excluding hydrogens is 395 g/mol. The van der Waals surface area contributed by atoms with Gasteiger partial charge >= 0.3 is 0 Å². The minimum atomic E-state index is 0. The lowest BCUT2D eigenvalue weighted by molar-refractivity contribution is -0.127. The zero-order chi connectivity index (χ0) is 16.1. The molecule has 1 N–H and O–H groups in total. The van der Waals surface area contributed by atoms with Gasteiger partial charge in [-0.15, -0.1) is 24.0 Å². The van der Waals surface area contributed by atoms with Gasteiger partial charge in [0.2, 0.25) is 5.91 Å². The molecule has 0 unspecified atom stereocenters. The van der Waals surface area contributed by atoms with Crippen molar-refractivity contribution in [3.8, 4) is 0 Å². The zero-order valence-corrected chi connectivity index (χ0v) is 17.1. The summed E-state index contributed by atoms with van der Waals surface area (Å²) < 4.78 is 5.32. The summed E-state index contributed by atoms with van der Waals surface area (Å²) in [6.07, 6.45) is 3.17. The minimum absolute atomic E-state index is 0. The maximum absolute atomic E-state index is 11.7. The molecule has 0 aromatic heterocycles. The van der Waals surface area contributed by atoms with Crippen LogP contribution in [0.4, 0.5) is 0 Å². The van der Waals surface area contributed by atoms with Gasteiger partial charge in [-0.2, -0.15) is 0 Å². The number of unbranched alkanes of at least 4 members (excludes halogenated alkanes) is 1. The van der Waals surface area contributed by atoms with Crippen molar-refractivity contribution in [2.24, 2.45) is 4.99 Å². The number of hydrogen-bond acceptors (Lipinski definition) is 3. The second kappa shape index (κ2) is 15.3. The van der Waals surface area contributed by atoms with Gasteiger partial charge in [0.15, 0.2) is 5.96 Å². The number of carbonyl (C=O) groups excluding carboxylic acids is 1. The zero-order valence-electron chi connectivity index (χ0n) is 14.7. The number of aliphatic imine (C=N–C) groups is 1. The number of carbonyl (C=O) groups is 1. The molecule has 0 saturated carbocycles. The van der Waals surface area contributed by atoms with Gasteiger partial charge in [0.05, 0.1) is 0 Å². The van der Waals surface area contributed by atoms with Crippen molar-refractivity contribution in [3.05, 3.63) is 0 Å². The van der Waals surface area contributed by atoms with E-state index >= 15 is 0 Å². The summed E-state index contributed by atoms with van der Waals surface area (Å²) in [5, 5.41) is 3.31. The fourth-order valence-corrected chi connectivity index (χ4v) is 1.62. The number of rotatable bonds is 10. The van der Waals surface area contributed by atoms with Gasteiger partial charge in [0, 0.05) is 47.4 Å². The van der Waals surface area contributed by atoms with E-state index < -0.39 is 0 Å². The normalized spacial score (nSPS) is 10.9. The van der Waals surface area contributed by atoms with Crippen molar-refractivity contribution in [2.45, 2.75) is 33.1 Å². The molecule has 6 nitrogen and oxygen atoms in total. The molecule has 0 bridgehead atoms. The van der Waals surface area contributed by atoms with Crippen LogP contribution in [0.3, 0.4) is 0 Å². The lowest BCUT2D eigenvalue weighted by Crippen LogP contribution is -2.41. The highest BCUT2D eigenvalue weighted by atomic mass is 127. The van der Waals surface area contributed by atoms with Gasteiger partial charge in [-0.05, 0) is 19.8 Å². The molecule has 0 aliphatic rings. The summed E-state index contributed by atoms with van der Waals surface area (Å²) in [5.74, 6) is 0.794. The Hall–Kier alpha value is -0.570. The highest BCUT2D eigenvalue weighted by Crippen LogP contribution is 1.94. The molecule has 0 spiro atoms. The molecule has 0 aromatic rings. The van der Waals surface area contributed by atoms with E-state index in [0.29, 0.717) is 0 Å². The van der Waals surface area contributed by atoms with Crippen LogP contribution in [-0.4, -0.2) is 75.7 Å². The fourth-order valence-electron chi connectivity index (χ4n) is 1.62. The molecular formula is C15H33IN4O2. The number of nitrogens with one attached hydrogen (secondary N) is 1. The van der Waals surface area contributed by atoms with Crippen molar-refractivity contribution in [2.75, 3.05) is 54.0 Å². The van der Waals surface area contributed by atoms with Gasteiger partial charge in [0.1, 0.15) is 6.54 Å². The van der Waals surface area contributed by atoms with E-state index in [1.165, 1.54) is 0 Å². The molecule has 0 fully saturated rings. The van der Waals surface area contributed by atoms with Crippen molar-refractivity contribution < 1.29 is 9.53 Å². The van der Waals surface area contributed by atoms with Gasteiger partial charge in [0.25, 0.3) is 0 Å². The lowest BCUT2D eigenvalue weighted by atomic mass is 10.3. The third-order valence-corrected chi connectivity index (χ3v) is 3.02. The van der Waals surface area contributed by atoms with Crippen molar-refractivity contribution in [1.82, 2.24) is 15.1 Å². The molecule has 0 aliphatic carbocycles. The number of hydrogen-bond donors (Lipinski definition) is 1. The first-order valence-electron chi connectivity index (χ1n) is 7.80. The number of likely N-dealkylation sites (N-methyl/N-ethyl adjacent to an activating group) is 1. The van der Waals surface area contributed by atoms with Crippen LogP contribution in [0.5, 0.6) is 0 Å². The second-order valence-corrected chi connectivity index (χ2v) is 5.18. The monoisotopic (exact) mass is 428 g/mol. The minimum Gasteiger partial charge on any atom is -0.382 e. The van der Waals surface area contributed by atoms with E-state index in [1.54, 1.807) is 19.0 Å². The van der Waals surface area contributed by atoms with Gasteiger partial charge in [-0.1, -0.05) is 13.3 Å². The Kier molecular flexibility index (Phi) is 16.5. The molecule has 0 aliphatic heterocycles. The molecule has 0 saturated heterocycles. The van der Waals surface area contributed by atoms with Gasteiger partial charge in [-0.3, -0.25) is 4.79 Å². The van der Waals surface area contributed by atoms with Crippen LogP contribution < -0.4 is 5.32 Å². The number of amides is 1. The molecule has 7 heteroatoms. The van der Waals surface area contributed by atoms with Crippen LogP contribution in [0, 0.1) is 0 Å². The molecule has 132 valence electrons. The standard InChI is InChI=1S/C15H32N4O2.HI/c1-6-8-11-19(5)15(16-10-9-12-21-7-2)17-13-14(20)18(3)4;/h6-13H2,1-5H3,(H,16,17);1H. The van der Waals surface area contributed by atoms with Crippen LogP contribution >= 0.6 is 24.0 Å². The topological polar surface area (TPSA) is 57.2 Å². The molecule has 1 amide bonds. The summed E-state index contributed by atoms with van der Waals surface area (Å²) in [5.41, 5.74) is 0. The third-order valence-electron chi connectivity index (χ3n) is 3.02. The van der Waals surface area contributed by atoms with E-state index in [4.69, 9.17) is 4.74 Å². The Morgan fingerprint density at radius 3 is 2.41 bits per heavy atom. The predicted molar refractivity (Wildman–Crippen MR) is 103 cm³/mol. The molecule has 0 rings (SSSR count). The first kappa shape index (κ1) is 23.7. The smallest absolute Gasteiger partial charge is 0.243 e. The molecule has 0 radical (unpaired) electrons. The highest BCUT2D eigenvalue weighted by molar-refractivity contribution is 14.0. The predicted octanol–water partition coefficient (Wildman–Crippen LogP) is 1.80. The average molecular weight is 428 g/mol. The Balaban J connectivity index is 0. The molecule has 0 atom stereocenters. The van der Waals surface area contributed by atoms with Crippen LogP contribution in [0.1, 0.15) is 33.1 Å². The Labute approximate surface area is 152 Å². The summed E-state index contributed by atoms with van der Waals surface area (Å²) in [7, 11) is 5.49. The first-order valence-corrected chi connectivity index (χ1v) is 7.80.